The number of likely N-dealkylation sites (N-methyl/N-ethyl adjacent to an activating group) is 1. The molecule has 1 aromatic rings. The Morgan fingerprint density at radius 3 is 2.70 bits per heavy atom. The maximum atomic E-state index is 6.41. The van der Waals surface area contributed by atoms with Crippen LogP contribution in [0.3, 0.4) is 0 Å². The van der Waals surface area contributed by atoms with Crippen molar-refractivity contribution >= 4 is 11.6 Å². The Morgan fingerprint density at radius 2 is 2.15 bits per heavy atom. The lowest BCUT2D eigenvalue weighted by Crippen LogP contribution is -2.39. The van der Waals surface area contributed by atoms with E-state index in [2.05, 4.69) is 43.1 Å². The van der Waals surface area contributed by atoms with Crippen LogP contribution in [0.1, 0.15) is 45.0 Å². The minimum atomic E-state index is 0.560. The van der Waals surface area contributed by atoms with Crippen LogP contribution in [0.5, 0.6) is 0 Å². The van der Waals surface area contributed by atoms with E-state index in [0.29, 0.717) is 6.04 Å². The Kier molecular flexibility index (Phi) is 5.47. The van der Waals surface area contributed by atoms with E-state index in [9.17, 15) is 0 Å². The normalized spacial score (nSPS) is 16.9. The Bertz CT molecular complexity index is 439. The van der Waals surface area contributed by atoms with Crippen molar-refractivity contribution < 1.29 is 0 Å². The van der Waals surface area contributed by atoms with Crippen molar-refractivity contribution in [1.29, 1.82) is 0 Å². The molecule has 1 unspecified atom stereocenters. The highest BCUT2D eigenvalue weighted by atomic mass is 35.5. The molecule has 1 aliphatic carbocycles. The van der Waals surface area contributed by atoms with Crippen molar-refractivity contribution in [2.24, 2.45) is 0 Å². The molecule has 0 aromatic carbocycles. The molecule has 1 atom stereocenters. The average molecular weight is 299 g/mol. The van der Waals surface area contributed by atoms with Crippen LogP contribution in [0.2, 0.25) is 5.02 Å². The number of rotatable bonds is 8. The van der Waals surface area contributed by atoms with E-state index in [1.165, 1.54) is 12.8 Å². The zero-order chi connectivity index (χ0) is 14.7. The highest BCUT2D eigenvalue weighted by molar-refractivity contribution is 6.31. The van der Waals surface area contributed by atoms with Gasteiger partial charge in [0, 0.05) is 31.7 Å². The van der Waals surface area contributed by atoms with Gasteiger partial charge >= 0.3 is 0 Å². The molecule has 20 heavy (non-hydrogen) atoms. The van der Waals surface area contributed by atoms with Crippen molar-refractivity contribution in [3.05, 3.63) is 16.4 Å². The zero-order valence-corrected chi connectivity index (χ0v) is 13.9. The highest BCUT2D eigenvalue weighted by Gasteiger charge is 2.28. The van der Waals surface area contributed by atoms with Crippen LogP contribution < -0.4 is 5.32 Å². The van der Waals surface area contributed by atoms with Crippen LogP contribution >= 0.6 is 11.6 Å². The molecule has 2 rings (SSSR count). The Morgan fingerprint density at radius 1 is 1.45 bits per heavy atom. The summed E-state index contributed by atoms with van der Waals surface area (Å²) in [5.41, 5.74) is 2.13. The number of nitrogens with one attached hydrogen (secondary N) is 1. The molecule has 0 radical (unpaired) electrons. The molecule has 1 fully saturated rings. The lowest BCUT2D eigenvalue weighted by atomic mass is 10.2. The Hall–Kier alpha value is -0.580. The van der Waals surface area contributed by atoms with Crippen molar-refractivity contribution in [3.63, 3.8) is 0 Å². The van der Waals surface area contributed by atoms with E-state index in [0.717, 1.165) is 48.5 Å². The standard InChI is InChI=1S/C15H27ClN4/c1-5-13-15(16)14(20(6-2)18-13)10-17-9-11(3)19(4)12-7-8-12/h11-12,17H,5-10H2,1-4H3. The molecule has 0 spiro atoms. The summed E-state index contributed by atoms with van der Waals surface area (Å²) in [6.07, 6.45) is 3.60. The first kappa shape index (κ1) is 15.8. The first-order chi connectivity index (χ1) is 9.58. The largest absolute Gasteiger partial charge is 0.310 e. The van der Waals surface area contributed by atoms with Gasteiger partial charge in [0.2, 0.25) is 0 Å². The fourth-order valence-corrected chi connectivity index (χ4v) is 2.91. The van der Waals surface area contributed by atoms with E-state index in [-0.39, 0.29) is 0 Å². The van der Waals surface area contributed by atoms with Gasteiger partial charge in [-0.2, -0.15) is 5.10 Å². The van der Waals surface area contributed by atoms with Gasteiger partial charge in [-0.3, -0.25) is 9.58 Å². The van der Waals surface area contributed by atoms with E-state index in [4.69, 9.17) is 11.6 Å². The van der Waals surface area contributed by atoms with Gasteiger partial charge in [0.15, 0.2) is 0 Å². The molecular formula is C15H27ClN4. The van der Waals surface area contributed by atoms with E-state index in [1.54, 1.807) is 0 Å². The molecule has 1 N–H and O–H groups in total. The summed E-state index contributed by atoms with van der Waals surface area (Å²) in [5.74, 6) is 0. The highest BCUT2D eigenvalue weighted by Crippen LogP contribution is 2.26. The Labute approximate surface area is 127 Å². The lowest BCUT2D eigenvalue weighted by Gasteiger charge is -2.24. The average Bonchev–Trinajstić information content (AvgIpc) is 3.24. The predicted molar refractivity (Wildman–Crippen MR) is 84.2 cm³/mol. The number of halogens is 1. The van der Waals surface area contributed by atoms with Crippen LogP contribution in [-0.2, 0) is 19.5 Å². The van der Waals surface area contributed by atoms with Crippen LogP contribution in [0.4, 0.5) is 0 Å². The number of aromatic nitrogens is 2. The number of nitrogens with zero attached hydrogens (tertiary/aromatic N) is 3. The lowest BCUT2D eigenvalue weighted by molar-refractivity contribution is 0.240. The van der Waals surface area contributed by atoms with Crippen molar-refractivity contribution in [3.8, 4) is 0 Å². The van der Waals surface area contributed by atoms with E-state index < -0.39 is 0 Å². The summed E-state index contributed by atoms with van der Waals surface area (Å²) in [4.78, 5) is 2.48. The molecular weight excluding hydrogens is 272 g/mol. The van der Waals surface area contributed by atoms with Crippen LogP contribution in [0, 0.1) is 0 Å². The third-order valence-corrected chi connectivity index (χ3v) is 4.68. The predicted octanol–water partition coefficient (Wildman–Crippen LogP) is 2.69. The fourth-order valence-electron chi connectivity index (χ4n) is 2.57. The van der Waals surface area contributed by atoms with Gasteiger partial charge in [-0.1, -0.05) is 18.5 Å². The minimum Gasteiger partial charge on any atom is -0.310 e. The summed E-state index contributed by atoms with van der Waals surface area (Å²) in [6.45, 7) is 9.13. The smallest absolute Gasteiger partial charge is 0.0863 e. The number of hydrogen-bond acceptors (Lipinski definition) is 3. The van der Waals surface area contributed by atoms with Gasteiger partial charge < -0.3 is 5.32 Å². The molecule has 1 heterocycles. The SMILES string of the molecule is CCc1nn(CC)c(CNCC(C)N(C)C2CC2)c1Cl. The molecule has 5 heteroatoms. The third kappa shape index (κ3) is 3.54. The molecule has 0 saturated heterocycles. The molecule has 1 aliphatic rings. The number of hydrogen-bond donors (Lipinski definition) is 1. The second-order valence-electron chi connectivity index (χ2n) is 5.75. The molecule has 114 valence electrons. The van der Waals surface area contributed by atoms with E-state index in [1.807, 2.05) is 4.68 Å². The summed E-state index contributed by atoms with van der Waals surface area (Å²) in [6, 6.07) is 1.37. The second kappa shape index (κ2) is 6.92. The molecule has 1 aromatic heterocycles. The van der Waals surface area contributed by atoms with Gasteiger partial charge in [-0.05, 0) is 40.2 Å². The minimum absolute atomic E-state index is 0.560. The van der Waals surface area contributed by atoms with Gasteiger partial charge in [-0.25, -0.2) is 0 Å². The fraction of sp³-hybridized carbons (Fsp3) is 0.800. The summed E-state index contributed by atoms with van der Waals surface area (Å²) >= 11 is 6.41. The zero-order valence-electron chi connectivity index (χ0n) is 13.1. The van der Waals surface area contributed by atoms with Crippen LogP contribution in [-0.4, -0.2) is 40.4 Å². The number of aryl methyl sites for hydroxylation is 2. The molecule has 1 saturated carbocycles. The molecule has 4 nitrogen and oxygen atoms in total. The van der Waals surface area contributed by atoms with Gasteiger partial charge in [0.1, 0.15) is 0 Å². The summed E-state index contributed by atoms with van der Waals surface area (Å²) in [7, 11) is 2.22. The summed E-state index contributed by atoms with van der Waals surface area (Å²) < 4.78 is 2.02. The van der Waals surface area contributed by atoms with Crippen molar-refractivity contribution in [2.45, 2.75) is 65.2 Å². The van der Waals surface area contributed by atoms with Gasteiger partial charge in [0.25, 0.3) is 0 Å². The molecule has 0 aliphatic heterocycles. The summed E-state index contributed by atoms with van der Waals surface area (Å²) in [5, 5.41) is 8.92. The van der Waals surface area contributed by atoms with E-state index >= 15 is 0 Å². The topological polar surface area (TPSA) is 33.1 Å². The maximum Gasteiger partial charge on any atom is 0.0863 e. The monoisotopic (exact) mass is 298 g/mol. The van der Waals surface area contributed by atoms with Crippen LogP contribution in [0.25, 0.3) is 0 Å². The quantitative estimate of drug-likeness (QED) is 0.801. The first-order valence-electron chi connectivity index (χ1n) is 7.75. The second-order valence-corrected chi connectivity index (χ2v) is 6.13. The van der Waals surface area contributed by atoms with Crippen LogP contribution in [0.15, 0.2) is 0 Å². The van der Waals surface area contributed by atoms with Gasteiger partial charge in [0.05, 0.1) is 16.4 Å². The molecule has 0 amide bonds. The Balaban J connectivity index is 1.88. The maximum absolute atomic E-state index is 6.41. The third-order valence-electron chi connectivity index (χ3n) is 4.24. The molecule has 0 bridgehead atoms. The van der Waals surface area contributed by atoms with Crippen molar-refractivity contribution in [2.75, 3.05) is 13.6 Å². The van der Waals surface area contributed by atoms with Gasteiger partial charge in [-0.15, -0.1) is 0 Å². The first-order valence-corrected chi connectivity index (χ1v) is 8.12. The van der Waals surface area contributed by atoms with Crippen molar-refractivity contribution in [1.82, 2.24) is 20.0 Å².